The fraction of sp³-hybridized carbons (Fsp3) is 0.556. The van der Waals surface area contributed by atoms with Gasteiger partial charge in [-0.15, -0.1) is 11.3 Å². The molecule has 1 aliphatic carbocycles. The molecule has 2 N–H and O–H groups in total. The van der Waals surface area contributed by atoms with Crippen LogP contribution in [0.2, 0.25) is 0 Å². The van der Waals surface area contributed by atoms with Crippen LogP contribution in [-0.2, 0) is 20.9 Å². The third-order valence-electron chi connectivity index (χ3n) is 5.19. The number of carbonyl (C=O) groups excluding carboxylic acids is 2. The van der Waals surface area contributed by atoms with Crippen LogP contribution < -0.4 is 5.73 Å². The van der Waals surface area contributed by atoms with Gasteiger partial charge in [-0.2, -0.15) is 0 Å². The fourth-order valence-corrected chi connectivity index (χ4v) is 4.11. The Morgan fingerprint density at radius 3 is 2.27 bits per heavy atom. The second-order valence-corrected chi connectivity index (χ2v) is 10.2. The van der Waals surface area contributed by atoms with E-state index in [4.69, 9.17) is 10.5 Å². The van der Waals surface area contributed by atoms with Crippen LogP contribution in [0.4, 0.5) is 5.69 Å². The first-order valence-corrected chi connectivity index (χ1v) is 12.8. The molecule has 5 nitrogen and oxygen atoms in total. The Labute approximate surface area is 203 Å². The predicted molar refractivity (Wildman–Crippen MR) is 137 cm³/mol. The van der Waals surface area contributed by atoms with Gasteiger partial charge >= 0.3 is 5.97 Å². The lowest BCUT2D eigenvalue weighted by Gasteiger charge is -2.14. The lowest BCUT2D eigenvalue weighted by Crippen LogP contribution is -2.17. The Morgan fingerprint density at radius 1 is 1.12 bits per heavy atom. The van der Waals surface area contributed by atoms with Gasteiger partial charge in [0.15, 0.2) is 0 Å². The largest absolute Gasteiger partial charge is 0.462 e. The molecule has 1 heterocycles. The number of unbranched alkanes of at least 4 members (excludes halogenated alkanes) is 2. The monoisotopic (exact) mass is 475 g/mol. The van der Waals surface area contributed by atoms with Crippen molar-refractivity contribution in [3.8, 4) is 0 Å². The summed E-state index contributed by atoms with van der Waals surface area (Å²) in [6, 6.07) is 11.2. The van der Waals surface area contributed by atoms with Crippen molar-refractivity contribution < 1.29 is 19.1 Å². The Bertz CT molecular complexity index is 777. The van der Waals surface area contributed by atoms with Crippen LogP contribution in [0.1, 0.15) is 94.3 Å². The van der Waals surface area contributed by atoms with Crippen LogP contribution in [0.5, 0.6) is 0 Å². The quantitative estimate of drug-likeness (QED) is 0.244. The number of hydrogen-bond donors (Lipinski definition) is 1. The SMILES string of the molecule is CC(C)(C)OC=O.CCCCCC1CCCC1.Nc1ccsc1C(=O)OCc1ccccc1. The standard InChI is InChI=1S/C12H11NO2S.C10H20.C5H10O2/c13-10-6-7-16-11(10)12(14)15-8-9-4-2-1-3-5-9;1-2-3-4-7-10-8-5-6-9-10;1-5(2,3)7-4-6/h1-7H,8,13H2;10H,2-9H2,1H3;4H,1-3H3. The van der Waals surface area contributed by atoms with Gasteiger partial charge in [0.1, 0.15) is 17.1 Å². The third kappa shape index (κ3) is 13.7. The average molecular weight is 476 g/mol. The number of rotatable bonds is 8. The minimum atomic E-state index is -0.364. The van der Waals surface area contributed by atoms with E-state index in [1.165, 1.54) is 62.7 Å². The molecule has 0 radical (unpaired) electrons. The summed E-state index contributed by atoms with van der Waals surface area (Å²) >= 11 is 1.29. The second-order valence-electron chi connectivity index (χ2n) is 9.24. The van der Waals surface area contributed by atoms with E-state index in [1.807, 2.05) is 51.1 Å². The highest BCUT2D eigenvalue weighted by Crippen LogP contribution is 2.29. The maximum Gasteiger partial charge on any atom is 0.350 e. The van der Waals surface area contributed by atoms with E-state index in [0.717, 1.165) is 11.5 Å². The Balaban J connectivity index is 0.000000275. The van der Waals surface area contributed by atoms with Gasteiger partial charge in [-0.05, 0) is 43.7 Å². The Kier molecular flexibility index (Phi) is 14.2. The molecular formula is C27H41NO4S. The zero-order valence-corrected chi connectivity index (χ0v) is 21.5. The van der Waals surface area contributed by atoms with Gasteiger partial charge in [0.25, 0.3) is 6.47 Å². The number of carbonyl (C=O) groups is 2. The molecule has 2 aromatic rings. The van der Waals surface area contributed by atoms with Crippen molar-refractivity contribution in [3.63, 3.8) is 0 Å². The molecule has 0 spiro atoms. The van der Waals surface area contributed by atoms with Gasteiger partial charge in [-0.25, -0.2) is 4.79 Å². The number of ether oxygens (including phenoxy) is 2. The van der Waals surface area contributed by atoms with E-state index in [9.17, 15) is 9.59 Å². The number of benzene rings is 1. The number of thiophene rings is 1. The number of anilines is 1. The van der Waals surface area contributed by atoms with Crippen molar-refractivity contribution in [2.45, 2.75) is 91.3 Å². The molecule has 0 bridgehead atoms. The van der Waals surface area contributed by atoms with E-state index in [0.29, 0.717) is 17.0 Å². The van der Waals surface area contributed by atoms with Gasteiger partial charge in [-0.1, -0.05) is 88.6 Å². The summed E-state index contributed by atoms with van der Waals surface area (Å²) in [7, 11) is 0. The van der Waals surface area contributed by atoms with E-state index >= 15 is 0 Å². The molecule has 6 heteroatoms. The van der Waals surface area contributed by atoms with Crippen LogP contribution in [0.3, 0.4) is 0 Å². The minimum absolute atomic E-state index is 0.275. The van der Waals surface area contributed by atoms with E-state index in [-0.39, 0.29) is 18.2 Å². The molecule has 1 fully saturated rings. The molecule has 0 amide bonds. The molecule has 0 unspecified atom stereocenters. The van der Waals surface area contributed by atoms with Crippen LogP contribution in [0.25, 0.3) is 0 Å². The number of nitrogens with two attached hydrogens (primary N) is 1. The lowest BCUT2D eigenvalue weighted by atomic mass is 10.0. The Hall–Kier alpha value is -2.34. The van der Waals surface area contributed by atoms with E-state index in [1.54, 1.807) is 11.4 Å². The summed E-state index contributed by atoms with van der Waals surface area (Å²) in [5, 5.41) is 1.77. The Morgan fingerprint density at radius 2 is 1.79 bits per heavy atom. The summed E-state index contributed by atoms with van der Waals surface area (Å²) in [6.07, 6.45) is 11.9. The highest BCUT2D eigenvalue weighted by Gasteiger charge is 2.14. The van der Waals surface area contributed by atoms with Crippen LogP contribution >= 0.6 is 11.3 Å². The van der Waals surface area contributed by atoms with Crippen molar-refractivity contribution in [2.24, 2.45) is 5.92 Å². The van der Waals surface area contributed by atoms with Crippen molar-refractivity contribution in [2.75, 3.05) is 5.73 Å². The molecule has 1 aromatic carbocycles. The molecular weight excluding hydrogens is 434 g/mol. The summed E-state index contributed by atoms with van der Waals surface area (Å²) in [6.45, 7) is 8.48. The molecule has 33 heavy (non-hydrogen) atoms. The van der Waals surface area contributed by atoms with Gasteiger partial charge in [0.05, 0.1) is 5.69 Å². The molecule has 1 aliphatic rings. The van der Waals surface area contributed by atoms with Crippen molar-refractivity contribution in [1.82, 2.24) is 0 Å². The van der Waals surface area contributed by atoms with Crippen molar-refractivity contribution in [3.05, 3.63) is 52.2 Å². The highest BCUT2D eigenvalue weighted by molar-refractivity contribution is 7.12. The second kappa shape index (κ2) is 16.3. The summed E-state index contributed by atoms with van der Waals surface area (Å²) in [4.78, 5) is 21.7. The minimum Gasteiger partial charge on any atom is -0.462 e. The molecule has 1 aromatic heterocycles. The van der Waals surface area contributed by atoms with Crippen LogP contribution in [0.15, 0.2) is 41.8 Å². The zero-order valence-electron chi connectivity index (χ0n) is 20.7. The van der Waals surface area contributed by atoms with Crippen molar-refractivity contribution >= 4 is 29.5 Å². The highest BCUT2D eigenvalue weighted by atomic mass is 32.1. The molecule has 3 rings (SSSR count). The van der Waals surface area contributed by atoms with Gasteiger partial charge < -0.3 is 15.2 Å². The number of hydrogen-bond acceptors (Lipinski definition) is 6. The molecule has 1 saturated carbocycles. The summed E-state index contributed by atoms with van der Waals surface area (Å²) < 4.78 is 9.69. The first kappa shape index (κ1) is 28.7. The average Bonchev–Trinajstić information content (AvgIpc) is 3.45. The van der Waals surface area contributed by atoms with E-state index in [2.05, 4.69) is 11.7 Å². The topological polar surface area (TPSA) is 78.6 Å². The van der Waals surface area contributed by atoms with Crippen LogP contribution in [0, 0.1) is 5.92 Å². The zero-order chi connectivity index (χ0) is 24.5. The summed E-state index contributed by atoms with van der Waals surface area (Å²) in [5.41, 5.74) is 6.74. The molecule has 0 aliphatic heterocycles. The molecule has 184 valence electrons. The van der Waals surface area contributed by atoms with Gasteiger partial charge in [0.2, 0.25) is 0 Å². The fourth-order valence-electron chi connectivity index (χ4n) is 3.40. The molecule has 0 atom stereocenters. The van der Waals surface area contributed by atoms with Crippen LogP contribution in [-0.4, -0.2) is 18.0 Å². The summed E-state index contributed by atoms with van der Waals surface area (Å²) in [5.74, 6) is 0.753. The third-order valence-corrected chi connectivity index (χ3v) is 6.10. The molecule has 0 saturated heterocycles. The van der Waals surface area contributed by atoms with Gasteiger partial charge in [0, 0.05) is 0 Å². The first-order chi connectivity index (χ1) is 15.8. The number of nitrogen functional groups attached to an aromatic ring is 1. The predicted octanol–water partition coefficient (Wildman–Crippen LogP) is 7.40. The van der Waals surface area contributed by atoms with E-state index < -0.39 is 0 Å². The maximum absolute atomic E-state index is 11.6. The normalized spacial score (nSPS) is 13.2. The number of esters is 1. The maximum atomic E-state index is 11.6. The first-order valence-electron chi connectivity index (χ1n) is 11.9. The lowest BCUT2D eigenvalue weighted by molar-refractivity contribution is -0.138. The van der Waals surface area contributed by atoms with Gasteiger partial charge in [-0.3, -0.25) is 4.79 Å². The smallest absolute Gasteiger partial charge is 0.350 e. The van der Waals surface area contributed by atoms with Crippen molar-refractivity contribution in [1.29, 1.82) is 0 Å².